The minimum absolute atomic E-state index is 0. The molecule has 1 aliphatic rings. The van der Waals surface area contributed by atoms with Crippen molar-refractivity contribution in [2.45, 2.75) is 40.2 Å². The van der Waals surface area contributed by atoms with Crippen molar-refractivity contribution in [1.29, 1.82) is 0 Å². The van der Waals surface area contributed by atoms with Gasteiger partial charge in [-0.05, 0) is 36.5 Å². The minimum atomic E-state index is -0.157. The zero-order chi connectivity index (χ0) is 14.5. The highest BCUT2D eigenvalue weighted by molar-refractivity contribution is 5.73. The molecule has 1 aliphatic carbocycles. The highest BCUT2D eigenvalue weighted by atomic mass is 16.5. The Morgan fingerprint density at radius 1 is 1.33 bits per heavy atom. The molecular weight excluding hydrogens is 262 g/mol. The van der Waals surface area contributed by atoms with Crippen molar-refractivity contribution in [3.8, 4) is 0 Å². The molecule has 1 aromatic carbocycles. The van der Waals surface area contributed by atoms with Gasteiger partial charge in [-0.2, -0.15) is 0 Å². The monoisotopic (exact) mass is 289 g/mol. The van der Waals surface area contributed by atoms with Crippen LogP contribution in [0.4, 0.5) is 0 Å². The second-order valence-electron chi connectivity index (χ2n) is 5.53. The van der Waals surface area contributed by atoms with E-state index in [1.54, 1.807) is 0 Å². The predicted molar refractivity (Wildman–Crippen MR) is 88.1 cm³/mol. The lowest BCUT2D eigenvalue weighted by Crippen LogP contribution is -2.33. The molecule has 2 atom stereocenters. The lowest BCUT2D eigenvalue weighted by Gasteiger charge is -2.17. The number of ether oxygens (including phenoxy) is 1. The molecule has 1 aromatic rings. The first-order valence-corrected chi connectivity index (χ1v) is 7.20. The largest absolute Gasteiger partial charge is 0.469 e. The molecule has 0 radical (unpaired) electrons. The highest BCUT2D eigenvalue weighted by Crippen LogP contribution is 2.30. The Morgan fingerprint density at radius 2 is 2.05 bits per heavy atom. The zero-order valence-corrected chi connectivity index (χ0v) is 12.5. The fraction of sp³-hybridized carbons (Fsp3) is 0.500. The Kier molecular flexibility index (Phi) is 6.63. The molecule has 116 valence electrons. The van der Waals surface area contributed by atoms with E-state index in [1.807, 2.05) is 6.92 Å². The maximum Gasteiger partial charge on any atom is 0.309 e. The molecule has 0 bridgehead atoms. The first-order valence-electron chi connectivity index (χ1n) is 7.20. The van der Waals surface area contributed by atoms with E-state index in [2.05, 4.69) is 42.6 Å². The van der Waals surface area contributed by atoms with Gasteiger partial charge in [-0.3, -0.25) is 4.79 Å². The van der Waals surface area contributed by atoms with Gasteiger partial charge in [0.25, 0.3) is 0 Å². The molecule has 0 heterocycles. The Bertz CT molecular complexity index is 508. The molecule has 0 saturated carbocycles. The quantitative estimate of drug-likeness (QED) is 0.815. The van der Waals surface area contributed by atoms with Gasteiger partial charge >= 0.3 is 5.97 Å². The van der Waals surface area contributed by atoms with Gasteiger partial charge in [0.15, 0.2) is 0 Å². The molecule has 21 heavy (non-hydrogen) atoms. The molecule has 0 saturated heterocycles. The smallest absolute Gasteiger partial charge is 0.309 e. The number of allylic oxidation sites excluding steroid dienone is 1. The zero-order valence-electron chi connectivity index (χ0n) is 12.5. The van der Waals surface area contributed by atoms with Crippen molar-refractivity contribution in [3.63, 3.8) is 0 Å². The maximum absolute atomic E-state index is 11.4. The number of methoxy groups -OCH3 is 1. The summed E-state index contributed by atoms with van der Waals surface area (Å²) < 4.78 is 4.73. The molecule has 3 heteroatoms. The predicted octanol–water partition coefficient (Wildman–Crippen LogP) is 3.44. The average molecular weight is 289 g/mol. The molecule has 0 amide bonds. The first kappa shape index (κ1) is 17.4. The van der Waals surface area contributed by atoms with Gasteiger partial charge in [0, 0.05) is 12.6 Å². The normalized spacial score (nSPS) is 15.5. The summed E-state index contributed by atoms with van der Waals surface area (Å²) in [6, 6.07) is 8.92. The molecule has 0 aliphatic heterocycles. The SMILES string of the molecule is C.COC(=O)[C@@H](C)CN[C@H](C)CC1=CCc2ccccc21. The van der Waals surface area contributed by atoms with Gasteiger partial charge in [0.2, 0.25) is 0 Å². The van der Waals surface area contributed by atoms with E-state index in [0.717, 1.165) is 12.8 Å². The average Bonchev–Trinajstić information content (AvgIpc) is 2.87. The molecule has 0 unspecified atom stereocenters. The molecule has 1 N–H and O–H groups in total. The van der Waals surface area contributed by atoms with Crippen LogP contribution in [0.3, 0.4) is 0 Å². The van der Waals surface area contributed by atoms with Gasteiger partial charge in [-0.15, -0.1) is 0 Å². The molecule has 3 nitrogen and oxygen atoms in total. The van der Waals surface area contributed by atoms with E-state index in [4.69, 9.17) is 4.74 Å². The molecule has 0 fully saturated rings. The van der Waals surface area contributed by atoms with Crippen LogP contribution in [-0.2, 0) is 16.0 Å². The second-order valence-corrected chi connectivity index (χ2v) is 5.53. The Balaban J connectivity index is 0.00000220. The third kappa shape index (κ3) is 4.43. The van der Waals surface area contributed by atoms with E-state index in [0.29, 0.717) is 12.6 Å². The van der Waals surface area contributed by atoms with Crippen molar-refractivity contribution < 1.29 is 9.53 Å². The van der Waals surface area contributed by atoms with Gasteiger partial charge in [0.1, 0.15) is 0 Å². The topological polar surface area (TPSA) is 38.3 Å². The van der Waals surface area contributed by atoms with Gasteiger partial charge in [-0.1, -0.05) is 44.7 Å². The lowest BCUT2D eigenvalue weighted by molar-refractivity contribution is -0.144. The van der Waals surface area contributed by atoms with Crippen molar-refractivity contribution in [1.82, 2.24) is 5.32 Å². The lowest BCUT2D eigenvalue weighted by atomic mass is 10.00. The summed E-state index contributed by atoms with van der Waals surface area (Å²) in [5.74, 6) is -0.262. The van der Waals surface area contributed by atoms with Crippen molar-refractivity contribution in [2.24, 2.45) is 5.92 Å². The van der Waals surface area contributed by atoms with Crippen LogP contribution in [-0.4, -0.2) is 25.7 Å². The third-order valence-corrected chi connectivity index (χ3v) is 3.83. The van der Waals surface area contributed by atoms with E-state index >= 15 is 0 Å². The maximum atomic E-state index is 11.4. The highest BCUT2D eigenvalue weighted by Gasteiger charge is 2.17. The van der Waals surface area contributed by atoms with Gasteiger partial charge in [0.05, 0.1) is 13.0 Å². The Morgan fingerprint density at radius 3 is 2.76 bits per heavy atom. The molecular formula is C18H27NO2. The van der Waals surface area contributed by atoms with E-state index < -0.39 is 0 Å². The number of hydrogen-bond acceptors (Lipinski definition) is 3. The van der Waals surface area contributed by atoms with E-state index in [1.165, 1.54) is 23.8 Å². The number of hydrogen-bond donors (Lipinski definition) is 1. The molecule has 2 rings (SSSR count). The summed E-state index contributed by atoms with van der Waals surface area (Å²) in [7, 11) is 1.43. The van der Waals surface area contributed by atoms with Crippen LogP contribution in [0.1, 0.15) is 38.8 Å². The summed E-state index contributed by atoms with van der Waals surface area (Å²) in [5.41, 5.74) is 4.20. The summed E-state index contributed by atoms with van der Waals surface area (Å²) >= 11 is 0. The number of carbonyl (C=O) groups is 1. The number of nitrogens with one attached hydrogen (secondary N) is 1. The van der Waals surface area contributed by atoms with Crippen LogP contribution in [0.15, 0.2) is 30.3 Å². The van der Waals surface area contributed by atoms with Crippen LogP contribution in [0.2, 0.25) is 0 Å². The van der Waals surface area contributed by atoms with Crippen LogP contribution in [0.25, 0.3) is 5.57 Å². The number of esters is 1. The van der Waals surface area contributed by atoms with Crippen LogP contribution in [0, 0.1) is 5.92 Å². The summed E-state index contributed by atoms with van der Waals surface area (Å²) in [4.78, 5) is 11.4. The molecule has 0 spiro atoms. The number of rotatable bonds is 6. The van der Waals surface area contributed by atoms with Gasteiger partial charge in [-0.25, -0.2) is 0 Å². The number of carbonyl (C=O) groups excluding carboxylic acids is 1. The minimum Gasteiger partial charge on any atom is -0.469 e. The van der Waals surface area contributed by atoms with Gasteiger partial charge < -0.3 is 10.1 Å². The second kappa shape index (κ2) is 7.99. The van der Waals surface area contributed by atoms with Crippen molar-refractivity contribution in [2.75, 3.05) is 13.7 Å². The third-order valence-electron chi connectivity index (χ3n) is 3.83. The fourth-order valence-corrected chi connectivity index (χ4v) is 2.61. The standard InChI is InChI=1S/C17H23NO2.CH4/c1-12(17(19)20-3)11-18-13(2)10-15-9-8-14-6-4-5-7-16(14)15;/h4-7,9,12-13,18H,8,10-11H2,1-3H3;1H4/t12-,13+;/m0./s1. The summed E-state index contributed by atoms with van der Waals surface area (Å²) in [6.45, 7) is 4.70. The Hall–Kier alpha value is -1.61. The van der Waals surface area contributed by atoms with E-state index in [9.17, 15) is 4.79 Å². The van der Waals surface area contributed by atoms with Crippen LogP contribution in [0.5, 0.6) is 0 Å². The summed E-state index contributed by atoms with van der Waals surface area (Å²) in [5, 5.41) is 3.41. The van der Waals surface area contributed by atoms with Crippen LogP contribution < -0.4 is 5.32 Å². The number of fused-ring (bicyclic) bond motifs is 1. The van der Waals surface area contributed by atoms with E-state index in [-0.39, 0.29) is 19.3 Å². The summed E-state index contributed by atoms with van der Waals surface area (Å²) in [6.07, 6.45) is 4.34. The fourth-order valence-electron chi connectivity index (χ4n) is 2.61. The van der Waals surface area contributed by atoms with Crippen molar-refractivity contribution >= 4 is 11.5 Å². The Labute approximate surface area is 128 Å². The number of benzene rings is 1. The first-order chi connectivity index (χ1) is 9.61. The van der Waals surface area contributed by atoms with Crippen molar-refractivity contribution in [3.05, 3.63) is 41.5 Å². The molecule has 0 aromatic heterocycles. The van der Waals surface area contributed by atoms with Crippen LogP contribution >= 0.6 is 0 Å².